The van der Waals surface area contributed by atoms with Gasteiger partial charge in [0.05, 0.1) is 12.6 Å². The highest BCUT2D eigenvalue weighted by molar-refractivity contribution is 5.68. The number of aromatic nitrogens is 3. The smallest absolute Gasteiger partial charge is 0.407 e. The van der Waals surface area contributed by atoms with Crippen LogP contribution in [0.4, 0.5) is 22.2 Å². The second kappa shape index (κ2) is 11.9. The van der Waals surface area contributed by atoms with Crippen LogP contribution >= 0.6 is 0 Å². The van der Waals surface area contributed by atoms with Crippen molar-refractivity contribution >= 4 is 23.5 Å². The molecule has 0 radical (unpaired) electrons. The third-order valence-electron chi connectivity index (χ3n) is 7.62. The maximum Gasteiger partial charge on any atom is 0.407 e. The quantitative estimate of drug-likeness (QED) is 0.295. The Kier molecular flexibility index (Phi) is 8.34. The van der Waals surface area contributed by atoms with Gasteiger partial charge in [-0.2, -0.15) is 0 Å². The molecule has 5 N–H and O–H groups in total. The zero-order valence-electron chi connectivity index (χ0n) is 22.8. The van der Waals surface area contributed by atoms with Gasteiger partial charge in [0.2, 0.25) is 0 Å². The fourth-order valence-corrected chi connectivity index (χ4v) is 5.32. The van der Waals surface area contributed by atoms with E-state index in [0.29, 0.717) is 17.6 Å². The first-order chi connectivity index (χ1) is 18.8. The Labute approximate surface area is 228 Å². The zero-order chi connectivity index (χ0) is 27.5. The minimum atomic E-state index is -0.946. The highest BCUT2D eigenvalue weighted by atomic mass is 16.7. The highest BCUT2D eigenvalue weighted by Crippen LogP contribution is 2.33. The lowest BCUT2D eigenvalue weighted by atomic mass is 9.92. The van der Waals surface area contributed by atoms with Crippen molar-refractivity contribution < 1.29 is 24.5 Å². The molecule has 2 aromatic heterocycles. The van der Waals surface area contributed by atoms with E-state index in [1.807, 2.05) is 13.8 Å². The van der Waals surface area contributed by atoms with Gasteiger partial charge in [-0.15, -0.1) is 0 Å². The Bertz CT molecular complexity index is 1170. The molecule has 3 aliphatic rings. The molecule has 0 aromatic carbocycles. The molecule has 5 rings (SSSR count). The largest absolute Gasteiger partial charge is 0.444 e. The number of hydrogen-bond acceptors (Lipinski definition) is 11. The standard InChI is InChI=1S/C27H39N7O5/c1-15(14-35)38-27(37)33-21(22-26(36)39-22)13-29-23-16(2)25(31-17(3)30-23)34-11-8-18(9-12-34)20-7-6-19-5-4-10-28-24(19)32-20/h6-7,15,18,21-22,26,35-36H,4-5,8-14H2,1-3H3,(H,28,32)(H,33,37)(H,29,30,31). The van der Waals surface area contributed by atoms with Crippen LogP contribution in [0.5, 0.6) is 0 Å². The second-order valence-electron chi connectivity index (χ2n) is 10.6. The summed E-state index contributed by atoms with van der Waals surface area (Å²) in [6, 6.07) is 3.87. The Hall–Kier alpha value is -3.22. The van der Waals surface area contributed by atoms with Crippen LogP contribution in [0.2, 0.25) is 0 Å². The van der Waals surface area contributed by atoms with Crippen molar-refractivity contribution in [2.24, 2.45) is 0 Å². The van der Waals surface area contributed by atoms with E-state index in [4.69, 9.17) is 24.5 Å². The van der Waals surface area contributed by atoms with Crippen molar-refractivity contribution in [1.29, 1.82) is 0 Å². The summed E-state index contributed by atoms with van der Waals surface area (Å²) >= 11 is 0. The zero-order valence-corrected chi connectivity index (χ0v) is 22.8. The van der Waals surface area contributed by atoms with Crippen molar-refractivity contribution in [2.45, 2.75) is 76.9 Å². The van der Waals surface area contributed by atoms with Gasteiger partial charge >= 0.3 is 6.09 Å². The summed E-state index contributed by atoms with van der Waals surface area (Å²) in [7, 11) is 0. The number of epoxide rings is 1. The number of ether oxygens (including phenoxy) is 2. The Morgan fingerprint density at radius 2 is 2.03 bits per heavy atom. The molecule has 0 spiro atoms. The topological polar surface area (TPSA) is 157 Å². The van der Waals surface area contributed by atoms with Crippen LogP contribution in [0.1, 0.15) is 54.7 Å². The number of amides is 1. The Balaban J connectivity index is 1.22. The number of nitrogens with zero attached hydrogens (tertiary/aromatic N) is 4. The molecule has 39 heavy (non-hydrogen) atoms. The van der Waals surface area contributed by atoms with Crippen LogP contribution in [0.25, 0.3) is 0 Å². The van der Waals surface area contributed by atoms with Crippen LogP contribution in [0.15, 0.2) is 12.1 Å². The van der Waals surface area contributed by atoms with E-state index >= 15 is 0 Å². The first-order valence-corrected chi connectivity index (χ1v) is 13.8. The molecule has 3 aliphatic heterocycles. The number of nitrogens with one attached hydrogen (secondary N) is 3. The maximum absolute atomic E-state index is 12.2. The molecule has 212 valence electrons. The summed E-state index contributed by atoms with van der Waals surface area (Å²) in [5.41, 5.74) is 3.39. The molecule has 0 bridgehead atoms. The molecule has 2 saturated heterocycles. The molecule has 12 nitrogen and oxygen atoms in total. The van der Waals surface area contributed by atoms with E-state index in [1.165, 1.54) is 5.56 Å². The summed E-state index contributed by atoms with van der Waals surface area (Å²) in [4.78, 5) is 28.8. The number of aliphatic hydroxyl groups is 2. The number of piperidine rings is 1. The van der Waals surface area contributed by atoms with E-state index in [9.17, 15) is 9.90 Å². The fraction of sp³-hybridized carbons (Fsp3) is 0.630. The van der Waals surface area contributed by atoms with Gasteiger partial charge in [-0.25, -0.2) is 19.7 Å². The molecule has 2 fully saturated rings. The Morgan fingerprint density at radius 3 is 2.74 bits per heavy atom. The van der Waals surface area contributed by atoms with E-state index in [1.54, 1.807) is 6.92 Å². The Morgan fingerprint density at radius 1 is 1.26 bits per heavy atom. The normalized spacial score (nSPS) is 22.3. The van der Waals surface area contributed by atoms with Crippen molar-refractivity contribution in [3.8, 4) is 0 Å². The van der Waals surface area contributed by atoms with Gasteiger partial charge in [0.1, 0.15) is 35.5 Å². The molecular formula is C27H39N7O5. The van der Waals surface area contributed by atoms with Gasteiger partial charge in [-0.05, 0) is 58.1 Å². The first-order valence-electron chi connectivity index (χ1n) is 13.8. The summed E-state index contributed by atoms with van der Waals surface area (Å²) in [6.45, 7) is 8.16. The lowest BCUT2D eigenvalue weighted by Gasteiger charge is -2.34. The van der Waals surface area contributed by atoms with Gasteiger partial charge in [0, 0.05) is 43.4 Å². The predicted molar refractivity (Wildman–Crippen MR) is 146 cm³/mol. The lowest BCUT2D eigenvalue weighted by Crippen LogP contribution is -2.45. The average molecular weight is 542 g/mol. The number of carbonyl (C=O) groups excluding carboxylic acids is 1. The number of aliphatic hydroxyl groups excluding tert-OH is 2. The summed E-state index contributed by atoms with van der Waals surface area (Å²) in [6.07, 6.45) is 1.42. The summed E-state index contributed by atoms with van der Waals surface area (Å²) < 4.78 is 10.3. The molecule has 12 heteroatoms. The van der Waals surface area contributed by atoms with E-state index in [0.717, 1.165) is 68.2 Å². The highest BCUT2D eigenvalue weighted by Gasteiger charge is 2.45. The average Bonchev–Trinajstić information content (AvgIpc) is 3.68. The molecule has 2 aromatic rings. The van der Waals surface area contributed by atoms with Crippen molar-refractivity contribution in [3.05, 3.63) is 34.8 Å². The summed E-state index contributed by atoms with van der Waals surface area (Å²) in [5.74, 6) is 3.67. The van der Waals surface area contributed by atoms with Crippen molar-refractivity contribution in [3.63, 3.8) is 0 Å². The van der Waals surface area contributed by atoms with Crippen molar-refractivity contribution in [1.82, 2.24) is 20.3 Å². The third kappa shape index (κ3) is 6.51. The van der Waals surface area contributed by atoms with Crippen LogP contribution in [0, 0.1) is 13.8 Å². The van der Waals surface area contributed by atoms with Gasteiger partial charge in [-0.3, -0.25) is 0 Å². The van der Waals surface area contributed by atoms with Gasteiger partial charge in [0.15, 0.2) is 6.29 Å². The van der Waals surface area contributed by atoms with Crippen molar-refractivity contribution in [2.75, 3.05) is 48.3 Å². The van der Waals surface area contributed by atoms with Crippen LogP contribution in [-0.2, 0) is 15.9 Å². The van der Waals surface area contributed by atoms with Crippen LogP contribution in [-0.4, -0.2) is 88.6 Å². The van der Waals surface area contributed by atoms with Gasteiger partial charge in [0.25, 0.3) is 0 Å². The third-order valence-corrected chi connectivity index (χ3v) is 7.62. The van der Waals surface area contributed by atoms with E-state index in [2.05, 4.69) is 38.0 Å². The second-order valence-corrected chi connectivity index (χ2v) is 10.6. The van der Waals surface area contributed by atoms with Gasteiger partial charge in [-0.1, -0.05) is 6.07 Å². The molecule has 4 atom stereocenters. The van der Waals surface area contributed by atoms with Gasteiger partial charge < -0.3 is 40.5 Å². The lowest BCUT2D eigenvalue weighted by molar-refractivity contribution is 0.0654. The molecule has 1 amide bonds. The van der Waals surface area contributed by atoms with Crippen LogP contribution < -0.4 is 20.9 Å². The molecule has 5 heterocycles. The van der Waals surface area contributed by atoms with E-state index in [-0.39, 0.29) is 13.2 Å². The monoisotopic (exact) mass is 541 g/mol. The number of fused-ring (bicyclic) bond motifs is 1. The first kappa shape index (κ1) is 27.4. The molecular weight excluding hydrogens is 502 g/mol. The number of alkyl carbamates (subject to hydrolysis) is 1. The SMILES string of the molecule is Cc1nc(NCC(NC(=O)OC(C)CO)C2OC2O)c(C)c(N2CCC(c3ccc4c(n3)NCCC4)CC2)n1. The fourth-order valence-electron chi connectivity index (χ4n) is 5.32. The molecule has 0 aliphatic carbocycles. The maximum atomic E-state index is 12.2. The minimum absolute atomic E-state index is 0.265. The molecule has 4 unspecified atom stereocenters. The number of anilines is 3. The number of rotatable bonds is 9. The predicted octanol–water partition coefficient (Wildman–Crippen LogP) is 1.84. The van der Waals surface area contributed by atoms with E-state index < -0.39 is 30.6 Å². The number of hydrogen-bond donors (Lipinski definition) is 5. The number of pyridine rings is 1. The summed E-state index contributed by atoms with van der Waals surface area (Å²) in [5, 5.41) is 28.4. The number of aryl methyl sites for hydroxylation is 2. The molecule has 0 saturated carbocycles. The minimum Gasteiger partial charge on any atom is -0.444 e. The van der Waals surface area contributed by atoms with Crippen LogP contribution in [0.3, 0.4) is 0 Å². The number of carbonyl (C=O) groups is 1.